The van der Waals surface area contributed by atoms with Gasteiger partial charge < -0.3 is 15.4 Å². The Balaban J connectivity index is 2.13. The first-order chi connectivity index (χ1) is 11.5. The second-order valence-electron chi connectivity index (χ2n) is 5.12. The summed E-state index contributed by atoms with van der Waals surface area (Å²) in [5.74, 6) is -0.345. The van der Waals surface area contributed by atoms with Crippen LogP contribution in [0.1, 0.15) is 28.2 Å². The van der Waals surface area contributed by atoms with E-state index >= 15 is 0 Å². The van der Waals surface area contributed by atoms with Crippen LogP contribution in [0.4, 0.5) is 11.4 Å². The van der Waals surface area contributed by atoms with Gasteiger partial charge in [-0.2, -0.15) is 0 Å². The Morgan fingerprint density at radius 3 is 2.83 bits per heavy atom. The zero-order valence-electron chi connectivity index (χ0n) is 13.4. The Labute approximate surface area is 143 Å². The molecular weight excluding hydrogens is 330 g/mol. The molecule has 1 amide bonds. The highest BCUT2D eigenvalue weighted by atomic mass is 32.1. The molecule has 0 aliphatic rings. The van der Waals surface area contributed by atoms with Crippen molar-refractivity contribution >= 4 is 28.6 Å². The minimum Gasteiger partial charge on any atom is -0.383 e. The predicted octanol–water partition coefficient (Wildman–Crippen LogP) is 3.21. The van der Waals surface area contributed by atoms with Crippen LogP contribution in [0.15, 0.2) is 35.7 Å². The van der Waals surface area contributed by atoms with E-state index in [9.17, 15) is 14.9 Å². The van der Waals surface area contributed by atoms with E-state index in [0.29, 0.717) is 18.8 Å². The van der Waals surface area contributed by atoms with Crippen LogP contribution in [-0.4, -0.2) is 31.1 Å². The molecule has 24 heavy (non-hydrogen) atoms. The highest BCUT2D eigenvalue weighted by Gasteiger charge is 2.19. The van der Waals surface area contributed by atoms with Crippen molar-refractivity contribution in [2.75, 3.05) is 25.6 Å². The number of nitrogens with zero attached hydrogens (tertiary/aromatic N) is 1. The highest BCUT2D eigenvalue weighted by molar-refractivity contribution is 7.10. The van der Waals surface area contributed by atoms with Gasteiger partial charge in [0.1, 0.15) is 5.69 Å². The third-order valence-corrected chi connectivity index (χ3v) is 4.45. The number of hydrogen-bond acceptors (Lipinski definition) is 6. The summed E-state index contributed by atoms with van der Waals surface area (Å²) in [6, 6.07) is 8.08. The van der Waals surface area contributed by atoms with Gasteiger partial charge in [0, 0.05) is 30.2 Å². The van der Waals surface area contributed by atoms with E-state index in [0.717, 1.165) is 4.88 Å². The fourth-order valence-electron chi connectivity index (χ4n) is 2.15. The number of thiophene rings is 1. The van der Waals surface area contributed by atoms with E-state index in [1.165, 1.54) is 6.07 Å². The van der Waals surface area contributed by atoms with Crippen LogP contribution < -0.4 is 10.6 Å². The second kappa shape index (κ2) is 8.42. The molecule has 0 spiro atoms. The van der Waals surface area contributed by atoms with Crippen molar-refractivity contribution in [2.45, 2.75) is 13.0 Å². The van der Waals surface area contributed by atoms with Gasteiger partial charge in [0.05, 0.1) is 17.6 Å². The molecule has 0 bridgehead atoms. The Bertz CT molecular complexity index is 703. The lowest BCUT2D eigenvalue weighted by molar-refractivity contribution is -0.384. The Morgan fingerprint density at radius 1 is 1.42 bits per heavy atom. The number of carbonyl (C=O) groups is 1. The van der Waals surface area contributed by atoms with Gasteiger partial charge in [-0.05, 0) is 30.5 Å². The number of amides is 1. The molecule has 1 heterocycles. The fraction of sp³-hybridized carbons (Fsp3) is 0.312. The molecule has 7 nitrogen and oxygen atoms in total. The van der Waals surface area contributed by atoms with Crippen molar-refractivity contribution in [2.24, 2.45) is 0 Å². The van der Waals surface area contributed by atoms with Gasteiger partial charge in [-0.15, -0.1) is 11.3 Å². The molecule has 0 radical (unpaired) electrons. The number of carbonyl (C=O) groups excluding carboxylic acids is 1. The zero-order valence-corrected chi connectivity index (χ0v) is 14.3. The molecule has 1 atom stereocenters. The van der Waals surface area contributed by atoms with Gasteiger partial charge in [-0.3, -0.25) is 14.9 Å². The van der Waals surface area contributed by atoms with Crippen LogP contribution in [0.2, 0.25) is 0 Å². The first-order valence-corrected chi connectivity index (χ1v) is 8.26. The minimum absolute atomic E-state index is 0.137. The molecule has 128 valence electrons. The summed E-state index contributed by atoms with van der Waals surface area (Å²) in [5, 5.41) is 18.9. The van der Waals surface area contributed by atoms with E-state index in [1.54, 1.807) is 30.6 Å². The van der Waals surface area contributed by atoms with Gasteiger partial charge >= 0.3 is 0 Å². The Kier molecular flexibility index (Phi) is 6.28. The monoisotopic (exact) mass is 349 g/mol. The van der Waals surface area contributed by atoms with Crippen molar-refractivity contribution < 1.29 is 14.5 Å². The SMILES string of the molecule is COCCNc1ccc(C(=O)N[C@H](C)c2cccs2)cc1[N+](=O)[O-]. The van der Waals surface area contributed by atoms with Gasteiger partial charge in [0.2, 0.25) is 0 Å². The highest BCUT2D eigenvalue weighted by Crippen LogP contribution is 2.26. The number of hydrogen-bond donors (Lipinski definition) is 2. The molecule has 8 heteroatoms. The molecule has 0 fully saturated rings. The van der Waals surface area contributed by atoms with E-state index in [4.69, 9.17) is 4.74 Å². The summed E-state index contributed by atoms with van der Waals surface area (Å²) < 4.78 is 4.91. The summed E-state index contributed by atoms with van der Waals surface area (Å²) in [7, 11) is 1.55. The maximum atomic E-state index is 12.3. The lowest BCUT2D eigenvalue weighted by Crippen LogP contribution is -2.26. The van der Waals surface area contributed by atoms with E-state index in [2.05, 4.69) is 10.6 Å². The maximum absolute atomic E-state index is 12.3. The van der Waals surface area contributed by atoms with E-state index < -0.39 is 4.92 Å². The van der Waals surface area contributed by atoms with Crippen molar-refractivity contribution in [1.82, 2.24) is 5.32 Å². The molecule has 2 aromatic rings. The van der Waals surface area contributed by atoms with Crippen LogP contribution in [0.25, 0.3) is 0 Å². The molecule has 2 rings (SSSR count). The van der Waals surface area contributed by atoms with Crippen LogP contribution in [0, 0.1) is 10.1 Å². The topological polar surface area (TPSA) is 93.5 Å². The van der Waals surface area contributed by atoms with Crippen molar-refractivity contribution in [1.29, 1.82) is 0 Å². The summed E-state index contributed by atoms with van der Waals surface area (Å²) in [6.07, 6.45) is 0. The van der Waals surface area contributed by atoms with Crippen LogP contribution >= 0.6 is 11.3 Å². The molecule has 2 N–H and O–H groups in total. The number of ether oxygens (including phenoxy) is 1. The third-order valence-electron chi connectivity index (χ3n) is 3.40. The Morgan fingerprint density at radius 2 is 2.21 bits per heavy atom. The van der Waals surface area contributed by atoms with Crippen molar-refractivity contribution in [3.8, 4) is 0 Å². The average Bonchev–Trinajstić information content (AvgIpc) is 3.09. The second-order valence-corrected chi connectivity index (χ2v) is 6.10. The van der Waals surface area contributed by atoms with Crippen molar-refractivity contribution in [3.05, 3.63) is 56.3 Å². The average molecular weight is 349 g/mol. The number of anilines is 1. The fourth-order valence-corrected chi connectivity index (χ4v) is 2.88. The molecule has 0 unspecified atom stereocenters. The molecule has 0 aliphatic heterocycles. The zero-order chi connectivity index (χ0) is 17.5. The first-order valence-electron chi connectivity index (χ1n) is 7.38. The summed E-state index contributed by atoms with van der Waals surface area (Å²) in [5.41, 5.74) is 0.477. The molecule has 0 aliphatic carbocycles. The first kappa shape index (κ1) is 17.9. The quantitative estimate of drug-likeness (QED) is 0.434. The lowest BCUT2D eigenvalue weighted by atomic mass is 10.1. The van der Waals surface area contributed by atoms with Crippen LogP contribution in [0.5, 0.6) is 0 Å². The van der Waals surface area contributed by atoms with Crippen LogP contribution in [-0.2, 0) is 4.74 Å². The number of nitro benzene ring substituents is 1. The summed E-state index contributed by atoms with van der Waals surface area (Å²) in [6.45, 7) is 2.74. The Hall–Kier alpha value is -2.45. The number of methoxy groups -OCH3 is 1. The van der Waals surface area contributed by atoms with Gasteiger partial charge in [-0.25, -0.2) is 0 Å². The van der Waals surface area contributed by atoms with E-state index in [1.807, 2.05) is 24.4 Å². The molecule has 0 saturated carbocycles. The normalized spacial score (nSPS) is 11.8. The lowest BCUT2D eigenvalue weighted by Gasteiger charge is -2.13. The van der Waals surface area contributed by atoms with Gasteiger partial charge in [0.25, 0.3) is 11.6 Å². The largest absolute Gasteiger partial charge is 0.383 e. The molecule has 1 aromatic heterocycles. The molecular formula is C16H19N3O4S. The summed E-state index contributed by atoms with van der Waals surface area (Å²) in [4.78, 5) is 24.1. The van der Waals surface area contributed by atoms with E-state index in [-0.39, 0.29) is 23.2 Å². The maximum Gasteiger partial charge on any atom is 0.293 e. The number of nitrogens with one attached hydrogen (secondary N) is 2. The predicted molar refractivity (Wildman–Crippen MR) is 93.7 cm³/mol. The standard InChI is InChI=1S/C16H19N3O4S/c1-11(15-4-3-9-24-15)18-16(20)12-5-6-13(17-7-8-23-2)14(10-12)19(21)22/h3-6,9-11,17H,7-8H2,1-2H3,(H,18,20)/t11-/m1/s1. The number of benzene rings is 1. The van der Waals surface area contributed by atoms with Gasteiger partial charge in [0.15, 0.2) is 0 Å². The third kappa shape index (κ3) is 4.53. The molecule has 1 aromatic carbocycles. The van der Waals surface area contributed by atoms with Gasteiger partial charge in [-0.1, -0.05) is 6.07 Å². The number of rotatable bonds is 8. The minimum atomic E-state index is -0.505. The molecule has 0 saturated heterocycles. The number of nitro groups is 1. The smallest absolute Gasteiger partial charge is 0.293 e. The van der Waals surface area contributed by atoms with Crippen molar-refractivity contribution in [3.63, 3.8) is 0 Å². The van der Waals surface area contributed by atoms with Crippen LogP contribution in [0.3, 0.4) is 0 Å². The summed E-state index contributed by atoms with van der Waals surface area (Å²) >= 11 is 1.55.